The van der Waals surface area contributed by atoms with Gasteiger partial charge in [-0.05, 0) is 54.6 Å². The molecule has 0 bridgehead atoms. The molecule has 1 aliphatic rings. The highest BCUT2D eigenvalue weighted by molar-refractivity contribution is 6.30. The molecular weight excluding hydrogens is 374 g/mol. The minimum atomic E-state index is -0.774. The summed E-state index contributed by atoms with van der Waals surface area (Å²) in [4.78, 5) is 14.1. The molecule has 5 heteroatoms. The normalized spacial score (nSPS) is 18.8. The van der Waals surface area contributed by atoms with Crippen molar-refractivity contribution in [2.24, 2.45) is 0 Å². The van der Waals surface area contributed by atoms with Gasteiger partial charge in [0.1, 0.15) is 11.8 Å². The van der Waals surface area contributed by atoms with E-state index in [-0.39, 0.29) is 6.04 Å². The fraction of sp³-hybridized carbons (Fsp3) is 0.435. The summed E-state index contributed by atoms with van der Waals surface area (Å²) in [6, 6.07) is 13.3. The molecule has 0 radical (unpaired) electrons. The molecule has 2 unspecified atom stereocenters. The second kappa shape index (κ2) is 8.97. The molecule has 0 amide bonds. The molecule has 150 valence electrons. The Morgan fingerprint density at radius 1 is 1.14 bits per heavy atom. The summed E-state index contributed by atoms with van der Waals surface area (Å²) < 4.78 is 5.62. The van der Waals surface area contributed by atoms with Crippen molar-refractivity contribution in [1.82, 2.24) is 4.90 Å². The SMILES string of the molecule is COc1ccc(Cl)cc1C(c1ccc(C(C)C)cc1)N1CCCCC1C(=O)O. The van der Waals surface area contributed by atoms with Crippen LogP contribution in [0.1, 0.15) is 61.8 Å². The fourth-order valence-corrected chi connectivity index (χ4v) is 4.24. The van der Waals surface area contributed by atoms with Crippen molar-refractivity contribution < 1.29 is 14.6 Å². The van der Waals surface area contributed by atoms with Gasteiger partial charge in [0, 0.05) is 10.6 Å². The number of methoxy groups -OCH3 is 1. The number of carboxylic acids is 1. The Morgan fingerprint density at radius 2 is 1.82 bits per heavy atom. The molecule has 1 saturated heterocycles. The van der Waals surface area contributed by atoms with Crippen LogP contribution >= 0.6 is 11.6 Å². The van der Waals surface area contributed by atoms with Gasteiger partial charge in [0.25, 0.3) is 0 Å². The van der Waals surface area contributed by atoms with Gasteiger partial charge in [-0.15, -0.1) is 0 Å². The van der Waals surface area contributed by atoms with Gasteiger partial charge in [0.2, 0.25) is 0 Å². The van der Waals surface area contributed by atoms with Gasteiger partial charge >= 0.3 is 5.97 Å². The van der Waals surface area contributed by atoms with Crippen molar-refractivity contribution in [3.63, 3.8) is 0 Å². The van der Waals surface area contributed by atoms with Gasteiger partial charge in [0.15, 0.2) is 0 Å². The van der Waals surface area contributed by atoms with Crippen molar-refractivity contribution >= 4 is 17.6 Å². The lowest BCUT2D eigenvalue weighted by Crippen LogP contribution is -2.46. The molecule has 1 N–H and O–H groups in total. The zero-order valence-electron chi connectivity index (χ0n) is 16.7. The van der Waals surface area contributed by atoms with E-state index in [4.69, 9.17) is 16.3 Å². The second-order valence-electron chi connectivity index (χ2n) is 7.70. The van der Waals surface area contributed by atoms with Gasteiger partial charge in [-0.2, -0.15) is 0 Å². The number of aliphatic carboxylic acids is 1. The number of rotatable bonds is 6. The molecule has 1 heterocycles. The molecule has 0 spiro atoms. The van der Waals surface area contributed by atoms with E-state index in [0.717, 1.165) is 36.3 Å². The highest BCUT2D eigenvalue weighted by atomic mass is 35.5. The van der Waals surface area contributed by atoms with Crippen LogP contribution in [0.2, 0.25) is 5.02 Å². The number of carboxylic acid groups (broad SMARTS) is 1. The lowest BCUT2D eigenvalue weighted by molar-refractivity contribution is -0.145. The average Bonchev–Trinajstić information content (AvgIpc) is 2.69. The third kappa shape index (κ3) is 4.34. The van der Waals surface area contributed by atoms with Crippen molar-refractivity contribution in [3.05, 3.63) is 64.2 Å². The molecule has 1 fully saturated rings. The smallest absolute Gasteiger partial charge is 0.320 e. The van der Waals surface area contributed by atoms with Crippen LogP contribution in [-0.2, 0) is 4.79 Å². The van der Waals surface area contributed by atoms with Gasteiger partial charge in [-0.25, -0.2) is 0 Å². The molecule has 3 rings (SSSR count). The predicted octanol–water partition coefficient (Wildman–Crippen LogP) is 5.50. The quantitative estimate of drug-likeness (QED) is 0.694. The number of nitrogens with zero attached hydrogens (tertiary/aromatic N) is 1. The van der Waals surface area contributed by atoms with Crippen molar-refractivity contribution in [2.45, 2.75) is 51.1 Å². The summed E-state index contributed by atoms with van der Waals surface area (Å²) in [5.74, 6) is 0.386. The lowest BCUT2D eigenvalue weighted by Gasteiger charge is -2.40. The molecule has 2 aromatic rings. The Morgan fingerprint density at radius 3 is 2.43 bits per heavy atom. The predicted molar refractivity (Wildman–Crippen MR) is 112 cm³/mol. The fourth-order valence-electron chi connectivity index (χ4n) is 4.06. The van der Waals surface area contributed by atoms with Crippen LogP contribution in [0.4, 0.5) is 0 Å². The summed E-state index contributed by atoms with van der Waals surface area (Å²) in [5, 5.41) is 10.5. The standard InChI is InChI=1S/C23H28ClNO3/c1-15(2)16-7-9-17(10-8-16)22(19-14-18(24)11-12-21(19)28-3)25-13-5-4-6-20(25)23(26)27/h7-12,14-15,20,22H,4-6,13H2,1-3H3,(H,26,27). The topological polar surface area (TPSA) is 49.8 Å². The Labute approximate surface area is 172 Å². The first-order valence-corrected chi connectivity index (χ1v) is 10.2. The molecule has 1 aliphatic heterocycles. The Balaban J connectivity index is 2.13. The van der Waals surface area contributed by atoms with Crippen LogP contribution in [0.3, 0.4) is 0 Å². The monoisotopic (exact) mass is 401 g/mol. The summed E-state index contributed by atoms with van der Waals surface area (Å²) in [5.41, 5.74) is 3.22. The lowest BCUT2D eigenvalue weighted by atomic mass is 9.90. The minimum absolute atomic E-state index is 0.226. The molecule has 0 aliphatic carbocycles. The number of hydrogen-bond acceptors (Lipinski definition) is 3. The number of benzene rings is 2. The first kappa shape index (κ1) is 20.7. The van der Waals surface area contributed by atoms with Crippen LogP contribution in [0.5, 0.6) is 5.75 Å². The summed E-state index contributed by atoms with van der Waals surface area (Å²) >= 11 is 6.32. The van der Waals surface area contributed by atoms with E-state index in [1.165, 1.54) is 5.56 Å². The van der Waals surface area contributed by atoms with Crippen LogP contribution in [0.25, 0.3) is 0 Å². The van der Waals surface area contributed by atoms with Crippen LogP contribution in [0.15, 0.2) is 42.5 Å². The molecule has 2 atom stereocenters. The average molecular weight is 402 g/mol. The van der Waals surface area contributed by atoms with Gasteiger partial charge in [0.05, 0.1) is 13.2 Å². The van der Waals surface area contributed by atoms with Crippen LogP contribution < -0.4 is 4.74 Å². The Hall–Kier alpha value is -2.04. The van der Waals surface area contributed by atoms with E-state index in [1.54, 1.807) is 13.2 Å². The van der Waals surface area contributed by atoms with E-state index >= 15 is 0 Å². The van der Waals surface area contributed by atoms with Crippen molar-refractivity contribution in [3.8, 4) is 5.75 Å². The van der Waals surface area contributed by atoms with E-state index in [0.29, 0.717) is 17.4 Å². The van der Waals surface area contributed by atoms with E-state index < -0.39 is 12.0 Å². The highest BCUT2D eigenvalue weighted by Crippen LogP contribution is 2.40. The minimum Gasteiger partial charge on any atom is -0.496 e. The summed E-state index contributed by atoms with van der Waals surface area (Å²) in [6.45, 7) is 5.05. The number of hydrogen-bond donors (Lipinski definition) is 1. The van der Waals surface area contributed by atoms with Gasteiger partial charge < -0.3 is 9.84 Å². The third-order valence-corrected chi connectivity index (χ3v) is 5.80. The molecule has 2 aromatic carbocycles. The number of halogens is 1. The Bertz CT molecular complexity index is 819. The zero-order chi connectivity index (χ0) is 20.3. The summed E-state index contributed by atoms with van der Waals surface area (Å²) in [7, 11) is 1.64. The van der Waals surface area contributed by atoms with E-state index in [2.05, 4.69) is 43.0 Å². The first-order valence-electron chi connectivity index (χ1n) is 9.84. The zero-order valence-corrected chi connectivity index (χ0v) is 17.4. The summed E-state index contributed by atoms with van der Waals surface area (Å²) in [6.07, 6.45) is 2.56. The van der Waals surface area contributed by atoms with Crippen LogP contribution in [0, 0.1) is 0 Å². The third-order valence-electron chi connectivity index (χ3n) is 5.57. The number of carbonyl (C=O) groups is 1. The second-order valence-corrected chi connectivity index (χ2v) is 8.13. The van der Waals surface area contributed by atoms with Crippen molar-refractivity contribution in [1.29, 1.82) is 0 Å². The number of likely N-dealkylation sites (tertiary alicyclic amines) is 1. The van der Waals surface area contributed by atoms with E-state index in [1.807, 2.05) is 12.1 Å². The first-order chi connectivity index (χ1) is 13.4. The maximum atomic E-state index is 12.0. The number of ether oxygens (including phenoxy) is 1. The largest absolute Gasteiger partial charge is 0.496 e. The van der Waals surface area contributed by atoms with Gasteiger partial charge in [-0.3, -0.25) is 9.69 Å². The number of piperidine rings is 1. The molecule has 28 heavy (non-hydrogen) atoms. The highest BCUT2D eigenvalue weighted by Gasteiger charge is 2.36. The molecule has 0 aromatic heterocycles. The van der Waals surface area contributed by atoms with Gasteiger partial charge in [-0.1, -0.05) is 56.1 Å². The maximum Gasteiger partial charge on any atom is 0.320 e. The van der Waals surface area contributed by atoms with E-state index in [9.17, 15) is 9.90 Å². The maximum absolute atomic E-state index is 12.0. The molecule has 4 nitrogen and oxygen atoms in total. The molecular formula is C23H28ClNO3. The van der Waals surface area contributed by atoms with Crippen molar-refractivity contribution in [2.75, 3.05) is 13.7 Å². The Kier molecular flexibility index (Phi) is 6.63. The molecule has 0 saturated carbocycles. The van der Waals surface area contributed by atoms with Crippen LogP contribution in [-0.4, -0.2) is 35.7 Å².